The summed E-state index contributed by atoms with van der Waals surface area (Å²) in [6.07, 6.45) is 0.658. The molecule has 0 atom stereocenters. The maximum absolute atomic E-state index is 14.1. The number of benzene rings is 2. The first-order chi connectivity index (χ1) is 13.2. The van der Waals surface area contributed by atoms with Crippen molar-refractivity contribution in [2.45, 2.75) is 13.3 Å². The second-order valence-electron chi connectivity index (χ2n) is 5.90. The Morgan fingerprint density at radius 1 is 1.11 bits per heavy atom. The predicted octanol–water partition coefficient (Wildman–Crippen LogP) is 4.43. The van der Waals surface area contributed by atoms with Gasteiger partial charge in [-0.05, 0) is 43.3 Å². The molecule has 0 aliphatic rings. The van der Waals surface area contributed by atoms with E-state index in [0.717, 1.165) is 0 Å². The lowest BCUT2D eigenvalue weighted by molar-refractivity contribution is 0.102. The molecule has 3 rings (SSSR count). The third-order valence-corrected chi connectivity index (χ3v) is 3.92. The van der Waals surface area contributed by atoms with Crippen molar-refractivity contribution in [3.8, 4) is 5.75 Å². The fourth-order valence-electron chi connectivity index (χ4n) is 2.59. The average molecular weight is 368 g/mol. The summed E-state index contributed by atoms with van der Waals surface area (Å²) >= 11 is 0. The van der Waals surface area contributed by atoms with Crippen LogP contribution in [0, 0.1) is 5.95 Å². The van der Waals surface area contributed by atoms with Gasteiger partial charge >= 0.3 is 0 Å². The van der Waals surface area contributed by atoms with Crippen LogP contribution in [0.25, 0.3) is 10.9 Å². The van der Waals surface area contributed by atoms with Crippen LogP contribution in [-0.2, 0) is 4.74 Å². The molecule has 0 saturated carbocycles. The molecule has 5 nitrogen and oxygen atoms in total. The summed E-state index contributed by atoms with van der Waals surface area (Å²) in [4.78, 5) is 16.4. The Morgan fingerprint density at radius 2 is 1.93 bits per heavy atom. The zero-order valence-corrected chi connectivity index (χ0v) is 15.1. The lowest BCUT2D eigenvalue weighted by Crippen LogP contribution is -2.11. The number of hydrogen-bond donors (Lipinski definition) is 1. The van der Waals surface area contributed by atoms with Crippen LogP contribution in [0.4, 0.5) is 10.1 Å². The lowest BCUT2D eigenvalue weighted by Gasteiger charge is -2.09. The van der Waals surface area contributed by atoms with Crippen LogP contribution in [0.2, 0.25) is 0 Å². The van der Waals surface area contributed by atoms with Crippen LogP contribution >= 0.6 is 0 Å². The molecule has 0 aliphatic carbocycles. The van der Waals surface area contributed by atoms with E-state index in [1.807, 2.05) is 37.3 Å². The maximum atomic E-state index is 14.1. The Labute approximate surface area is 157 Å². The minimum Gasteiger partial charge on any atom is -0.489 e. The van der Waals surface area contributed by atoms with Gasteiger partial charge in [0.2, 0.25) is 0 Å². The molecule has 1 amide bonds. The van der Waals surface area contributed by atoms with E-state index in [0.29, 0.717) is 48.4 Å². The van der Waals surface area contributed by atoms with Gasteiger partial charge in [-0.3, -0.25) is 4.79 Å². The molecule has 0 saturated heterocycles. The van der Waals surface area contributed by atoms with Crippen molar-refractivity contribution in [3.05, 3.63) is 66.1 Å². The van der Waals surface area contributed by atoms with Crippen molar-refractivity contribution in [2.24, 2.45) is 0 Å². The molecule has 140 valence electrons. The molecule has 1 N–H and O–H groups in total. The fourth-order valence-corrected chi connectivity index (χ4v) is 2.59. The van der Waals surface area contributed by atoms with Gasteiger partial charge in [0.25, 0.3) is 11.9 Å². The van der Waals surface area contributed by atoms with Crippen LogP contribution in [0.1, 0.15) is 23.7 Å². The van der Waals surface area contributed by atoms with Gasteiger partial charge in [0.15, 0.2) is 5.75 Å². The van der Waals surface area contributed by atoms with E-state index in [4.69, 9.17) is 9.47 Å². The summed E-state index contributed by atoms with van der Waals surface area (Å²) in [7, 11) is 0. The molecule has 27 heavy (non-hydrogen) atoms. The van der Waals surface area contributed by atoms with Crippen molar-refractivity contribution < 1.29 is 18.7 Å². The Morgan fingerprint density at radius 3 is 2.70 bits per heavy atom. The SMILES string of the molecule is CCOCCCOc1cc2cc(C(=O)Nc3ccccc3)ccc2nc1F. The number of aromatic nitrogens is 1. The van der Waals surface area contributed by atoms with Crippen molar-refractivity contribution in [2.75, 3.05) is 25.1 Å². The molecule has 2 aromatic carbocycles. The first-order valence-electron chi connectivity index (χ1n) is 8.84. The number of fused-ring (bicyclic) bond motifs is 1. The number of ether oxygens (including phenoxy) is 2. The zero-order valence-electron chi connectivity index (χ0n) is 15.1. The standard InChI is InChI=1S/C21H21FN2O3/c1-2-26-11-6-12-27-19-14-16-13-15(9-10-18(16)24-20(19)22)21(25)23-17-7-4-3-5-8-17/h3-5,7-10,13-14H,2,6,11-12H2,1H3,(H,23,25). The number of carbonyl (C=O) groups is 1. The lowest BCUT2D eigenvalue weighted by atomic mass is 10.1. The van der Waals surface area contributed by atoms with Gasteiger partial charge in [-0.25, -0.2) is 4.98 Å². The first kappa shape index (κ1) is 18.8. The summed E-state index contributed by atoms with van der Waals surface area (Å²) in [5.74, 6) is -0.841. The van der Waals surface area contributed by atoms with Gasteiger partial charge in [0.05, 0.1) is 12.1 Å². The van der Waals surface area contributed by atoms with E-state index in [1.165, 1.54) is 0 Å². The quantitative estimate of drug-likeness (QED) is 0.472. The Hall–Kier alpha value is -2.99. The number of carbonyl (C=O) groups excluding carboxylic acids is 1. The van der Waals surface area contributed by atoms with Crippen LogP contribution in [0.5, 0.6) is 5.75 Å². The topological polar surface area (TPSA) is 60.5 Å². The van der Waals surface area contributed by atoms with Crippen LogP contribution in [0.15, 0.2) is 54.6 Å². The summed E-state index contributed by atoms with van der Waals surface area (Å²) in [6, 6.07) is 15.7. The van der Waals surface area contributed by atoms with Crippen LogP contribution in [-0.4, -0.2) is 30.7 Å². The van der Waals surface area contributed by atoms with E-state index in [1.54, 1.807) is 24.3 Å². The minimum absolute atomic E-state index is 0.0691. The molecule has 0 aliphatic heterocycles. The zero-order chi connectivity index (χ0) is 19.1. The Kier molecular flexibility index (Phi) is 6.33. The second-order valence-corrected chi connectivity index (χ2v) is 5.90. The highest BCUT2D eigenvalue weighted by atomic mass is 19.1. The van der Waals surface area contributed by atoms with Crippen molar-refractivity contribution >= 4 is 22.5 Å². The minimum atomic E-state index is -0.666. The molecular weight excluding hydrogens is 347 g/mol. The number of nitrogens with one attached hydrogen (secondary N) is 1. The molecule has 0 spiro atoms. The number of rotatable bonds is 8. The molecular formula is C21H21FN2O3. The number of hydrogen-bond acceptors (Lipinski definition) is 4. The van der Waals surface area contributed by atoms with Crippen LogP contribution in [0.3, 0.4) is 0 Å². The van der Waals surface area contributed by atoms with Gasteiger partial charge in [-0.2, -0.15) is 4.39 Å². The van der Waals surface area contributed by atoms with Crippen molar-refractivity contribution in [1.29, 1.82) is 0 Å². The summed E-state index contributed by atoms with van der Waals surface area (Å²) in [5, 5.41) is 3.46. The van der Waals surface area contributed by atoms with E-state index in [9.17, 15) is 9.18 Å². The molecule has 0 fully saturated rings. The molecule has 6 heteroatoms. The van der Waals surface area contributed by atoms with E-state index >= 15 is 0 Å². The van der Waals surface area contributed by atoms with E-state index in [-0.39, 0.29) is 11.7 Å². The average Bonchev–Trinajstić information content (AvgIpc) is 2.68. The smallest absolute Gasteiger partial charge is 0.255 e. The highest BCUT2D eigenvalue weighted by molar-refractivity contribution is 6.06. The molecule has 0 bridgehead atoms. The molecule has 1 heterocycles. The number of halogens is 1. The highest BCUT2D eigenvalue weighted by Crippen LogP contribution is 2.23. The largest absolute Gasteiger partial charge is 0.489 e. The van der Waals surface area contributed by atoms with Gasteiger partial charge in [-0.1, -0.05) is 18.2 Å². The fraction of sp³-hybridized carbons (Fsp3) is 0.238. The third-order valence-electron chi connectivity index (χ3n) is 3.92. The second kappa shape index (κ2) is 9.09. The molecule has 1 aromatic heterocycles. The van der Waals surface area contributed by atoms with Crippen LogP contribution < -0.4 is 10.1 Å². The number of amides is 1. The molecule has 3 aromatic rings. The number of pyridine rings is 1. The predicted molar refractivity (Wildman–Crippen MR) is 103 cm³/mol. The van der Waals surface area contributed by atoms with Crippen molar-refractivity contribution in [3.63, 3.8) is 0 Å². The normalized spacial score (nSPS) is 10.7. The Balaban J connectivity index is 1.75. The monoisotopic (exact) mass is 368 g/mol. The number of anilines is 1. The van der Waals surface area contributed by atoms with E-state index < -0.39 is 5.95 Å². The summed E-state index contributed by atoms with van der Waals surface area (Å²) < 4.78 is 24.8. The van der Waals surface area contributed by atoms with Gasteiger partial charge in [0.1, 0.15) is 0 Å². The molecule has 0 unspecified atom stereocenters. The highest BCUT2D eigenvalue weighted by Gasteiger charge is 2.11. The summed E-state index contributed by atoms with van der Waals surface area (Å²) in [6.45, 7) is 3.44. The molecule has 0 radical (unpaired) electrons. The van der Waals surface area contributed by atoms with Gasteiger partial charge in [0, 0.05) is 36.3 Å². The number of para-hydroxylation sites is 1. The third kappa shape index (κ3) is 5.01. The van der Waals surface area contributed by atoms with Gasteiger partial charge in [-0.15, -0.1) is 0 Å². The first-order valence-corrected chi connectivity index (χ1v) is 8.84. The Bertz CT molecular complexity index is 916. The maximum Gasteiger partial charge on any atom is 0.255 e. The van der Waals surface area contributed by atoms with Gasteiger partial charge < -0.3 is 14.8 Å². The van der Waals surface area contributed by atoms with E-state index in [2.05, 4.69) is 10.3 Å². The van der Waals surface area contributed by atoms with Crippen molar-refractivity contribution in [1.82, 2.24) is 4.98 Å². The summed E-state index contributed by atoms with van der Waals surface area (Å²) in [5.41, 5.74) is 1.63. The number of nitrogens with zero attached hydrogens (tertiary/aromatic N) is 1.